The zero-order valence-electron chi connectivity index (χ0n) is 12.2. The predicted octanol–water partition coefficient (Wildman–Crippen LogP) is 1.47. The molecule has 1 N–H and O–H groups in total. The summed E-state index contributed by atoms with van der Waals surface area (Å²) in [6, 6.07) is 7.77. The van der Waals surface area contributed by atoms with Gasteiger partial charge in [0.15, 0.2) is 0 Å². The number of carbonyl (C=O) groups is 2. The van der Waals surface area contributed by atoms with Crippen molar-refractivity contribution in [2.45, 2.75) is 19.9 Å². The molecule has 0 spiro atoms. The maximum Gasteiger partial charge on any atom is 0.232 e. The van der Waals surface area contributed by atoms with Crippen LogP contribution in [0.1, 0.15) is 13.3 Å². The molecule has 2 heterocycles. The van der Waals surface area contributed by atoms with Crippen molar-refractivity contribution in [1.29, 1.82) is 0 Å². The van der Waals surface area contributed by atoms with Crippen LogP contribution in [0.15, 0.2) is 24.3 Å². The van der Waals surface area contributed by atoms with Gasteiger partial charge in [0.2, 0.25) is 17.8 Å². The van der Waals surface area contributed by atoms with Gasteiger partial charge in [-0.25, -0.2) is 4.98 Å². The van der Waals surface area contributed by atoms with Crippen molar-refractivity contribution in [2.75, 3.05) is 18.9 Å². The number of hydrogen-bond donors (Lipinski definition) is 1. The molecule has 110 valence electrons. The summed E-state index contributed by atoms with van der Waals surface area (Å²) < 4.78 is 1.97. The molecular formula is C15H18N4O2. The molecule has 1 aromatic carbocycles. The van der Waals surface area contributed by atoms with Crippen LogP contribution in [0, 0.1) is 5.92 Å². The number of rotatable bonds is 3. The molecule has 1 unspecified atom stereocenters. The van der Waals surface area contributed by atoms with Gasteiger partial charge in [0.25, 0.3) is 0 Å². The van der Waals surface area contributed by atoms with Crippen LogP contribution in [0.4, 0.5) is 5.95 Å². The molecule has 1 aliphatic rings. The van der Waals surface area contributed by atoms with E-state index >= 15 is 0 Å². The molecule has 21 heavy (non-hydrogen) atoms. The van der Waals surface area contributed by atoms with Gasteiger partial charge in [-0.1, -0.05) is 12.1 Å². The molecule has 1 atom stereocenters. The summed E-state index contributed by atoms with van der Waals surface area (Å²) >= 11 is 0. The number of imidazole rings is 1. The normalized spacial score (nSPS) is 18.5. The Hall–Kier alpha value is -2.37. The molecule has 0 aliphatic carbocycles. The fourth-order valence-electron chi connectivity index (χ4n) is 2.74. The topological polar surface area (TPSA) is 67.2 Å². The van der Waals surface area contributed by atoms with Crippen LogP contribution >= 0.6 is 0 Å². The molecule has 2 aromatic rings. The second kappa shape index (κ2) is 5.20. The van der Waals surface area contributed by atoms with Gasteiger partial charge in [-0.15, -0.1) is 0 Å². The minimum absolute atomic E-state index is 0.0131. The average molecular weight is 286 g/mol. The lowest BCUT2D eigenvalue weighted by molar-refractivity contribution is -0.127. The van der Waals surface area contributed by atoms with Crippen molar-refractivity contribution in [1.82, 2.24) is 14.5 Å². The molecule has 0 radical (unpaired) electrons. The molecule has 3 rings (SSSR count). The highest BCUT2D eigenvalue weighted by Gasteiger charge is 2.32. The highest BCUT2D eigenvalue weighted by atomic mass is 16.2. The third kappa shape index (κ3) is 2.37. The maximum atomic E-state index is 12.3. The molecule has 1 aromatic heterocycles. The Morgan fingerprint density at radius 2 is 2.19 bits per heavy atom. The van der Waals surface area contributed by atoms with Crippen molar-refractivity contribution in [2.24, 2.45) is 5.92 Å². The van der Waals surface area contributed by atoms with Crippen LogP contribution in [-0.4, -0.2) is 39.9 Å². The van der Waals surface area contributed by atoms with Crippen LogP contribution < -0.4 is 5.32 Å². The number of anilines is 1. The van der Waals surface area contributed by atoms with E-state index < -0.39 is 0 Å². The van der Waals surface area contributed by atoms with Crippen molar-refractivity contribution >= 4 is 28.8 Å². The van der Waals surface area contributed by atoms with Crippen molar-refractivity contribution in [3.63, 3.8) is 0 Å². The standard InChI is InChI=1S/C15H18N4O2/c1-3-19-12-7-5-4-6-11(12)16-15(19)17-14(21)10-8-13(20)18(2)9-10/h4-7,10H,3,8-9H2,1-2H3,(H,16,17,21). The van der Waals surface area contributed by atoms with Crippen LogP contribution in [0.3, 0.4) is 0 Å². The van der Waals surface area contributed by atoms with E-state index in [1.165, 1.54) is 0 Å². The lowest BCUT2D eigenvalue weighted by Gasteiger charge is -2.11. The minimum Gasteiger partial charge on any atom is -0.345 e. The van der Waals surface area contributed by atoms with Crippen molar-refractivity contribution in [3.05, 3.63) is 24.3 Å². The molecule has 0 saturated carbocycles. The Bertz CT molecular complexity index is 707. The van der Waals surface area contributed by atoms with Crippen LogP contribution in [0.2, 0.25) is 0 Å². The number of carbonyl (C=O) groups excluding carboxylic acids is 2. The number of aryl methyl sites for hydroxylation is 1. The van der Waals surface area contributed by atoms with Gasteiger partial charge in [-0.2, -0.15) is 0 Å². The molecule has 2 amide bonds. The fourth-order valence-corrected chi connectivity index (χ4v) is 2.74. The summed E-state index contributed by atoms with van der Waals surface area (Å²) in [6.07, 6.45) is 0.273. The number of hydrogen-bond acceptors (Lipinski definition) is 3. The number of nitrogens with zero attached hydrogens (tertiary/aromatic N) is 3. The monoisotopic (exact) mass is 286 g/mol. The van der Waals surface area contributed by atoms with Gasteiger partial charge in [0.1, 0.15) is 0 Å². The summed E-state index contributed by atoms with van der Waals surface area (Å²) in [7, 11) is 1.72. The van der Waals surface area contributed by atoms with Gasteiger partial charge in [-0.3, -0.25) is 14.9 Å². The Morgan fingerprint density at radius 3 is 2.86 bits per heavy atom. The van der Waals surface area contributed by atoms with E-state index in [0.29, 0.717) is 12.5 Å². The van der Waals surface area contributed by atoms with Crippen LogP contribution in [0.5, 0.6) is 0 Å². The number of benzene rings is 1. The number of nitrogens with one attached hydrogen (secondary N) is 1. The summed E-state index contributed by atoms with van der Waals surface area (Å²) in [5, 5.41) is 2.87. The Labute approximate surface area is 122 Å². The Kier molecular flexibility index (Phi) is 3.37. The lowest BCUT2D eigenvalue weighted by atomic mass is 10.1. The smallest absolute Gasteiger partial charge is 0.232 e. The summed E-state index contributed by atoms with van der Waals surface area (Å²) in [5.74, 6) is 0.121. The molecule has 6 heteroatoms. The molecular weight excluding hydrogens is 268 g/mol. The van der Waals surface area contributed by atoms with Crippen LogP contribution in [0.25, 0.3) is 11.0 Å². The van der Waals surface area contributed by atoms with E-state index in [1.54, 1.807) is 11.9 Å². The first-order chi connectivity index (χ1) is 10.1. The minimum atomic E-state index is -0.299. The van der Waals surface area contributed by atoms with E-state index in [0.717, 1.165) is 17.6 Å². The second-order valence-electron chi connectivity index (χ2n) is 5.33. The van der Waals surface area contributed by atoms with Gasteiger partial charge < -0.3 is 9.47 Å². The first-order valence-corrected chi connectivity index (χ1v) is 7.10. The van der Waals surface area contributed by atoms with E-state index in [2.05, 4.69) is 10.3 Å². The second-order valence-corrected chi connectivity index (χ2v) is 5.33. The number of fused-ring (bicyclic) bond motifs is 1. The summed E-state index contributed by atoms with van der Waals surface area (Å²) in [4.78, 5) is 29.9. The number of aromatic nitrogens is 2. The third-order valence-electron chi connectivity index (χ3n) is 3.92. The van der Waals surface area contributed by atoms with E-state index in [4.69, 9.17) is 0 Å². The zero-order chi connectivity index (χ0) is 15.0. The lowest BCUT2D eigenvalue weighted by Crippen LogP contribution is -2.27. The quantitative estimate of drug-likeness (QED) is 0.929. The molecule has 1 saturated heterocycles. The Balaban J connectivity index is 1.85. The number of likely N-dealkylation sites (tertiary alicyclic amines) is 1. The number of amides is 2. The first-order valence-electron chi connectivity index (χ1n) is 7.10. The number of para-hydroxylation sites is 2. The third-order valence-corrected chi connectivity index (χ3v) is 3.92. The van der Waals surface area contributed by atoms with Gasteiger partial charge >= 0.3 is 0 Å². The van der Waals surface area contributed by atoms with E-state index in [1.807, 2.05) is 35.8 Å². The SMILES string of the molecule is CCn1c(NC(=O)C2CC(=O)N(C)C2)nc2ccccc21. The molecule has 1 fully saturated rings. The Morgan fingerprint density at radius 1 is 1.43 bits per heavy atom. The van der Waals surface area contributed by atoms with Gasteiger partial charge in [-0.05, 0) is 19.1 Å². The average Bonchev–Trinajstić information content (AvgIpc) is 2.99. The summed E-state index contributed by atoms with van der Waals surface area (Å²) in [5.41, 5.74) is 1.85. The predicted molar refractivity (Wildman–Crippen MR) is 79.8 cm³/mol. The van der Waals surface area contributed by atoms with E-state index in [-0.39, 0.29) is 24.2 Å². The highest BCUT2D eigenvalue weighted by molar-refractivity contribution is 5.97. The highest BCUT2D eigenvalue weighted by Crippen LogP contribution is 2.22. The van der Waals surface area contributed by atoms with Crippen molar-refractivity contribution < 1.29 is 9.59 Å². The first kappa shape index (κ1) is 13.6. The zero-order valence-corrected chi connectivity index (χ0v) is 12.2. The summed E-state index contributed by atoms with van der Waals surface area (Å²) in [6.45, 7) is 3.20. The van der Waals surface area contributed by atoms with Gasteiger partial charge in [0, 0.05) is 26.6 Å². The van der Waals surface area contributed by atoms with Crippen LogP contribution in [-0.2, 0) is 16.1 Å². The molecule has 1 aliphatic heterocycles. The largest absolute Gasteiger partial charge is 0.345 e. The van der Waals surface area contributed by atoms with Gasteiger partial charge in [0.05, 0.1) is 17.0 Å². The van der Waals surface area contributed by atoms with E-state index in [9.17, 15) is 9.59 Å². The molecule has 0 bridgehead atoms. The molecule has 6 nitrogen and oxygen atoms in total. The van der Waals surface area contributed by atoms with Crippen molar-refractivity contribution in [3.8, 4) is 0 Å². The maximum absolute atomic E-state index is 12.3. The fraction of sp³-hybridized carbons (Fsp3) is 0.400.